The maximum atomic E-state index is 12.4. The Morgan fingerprint density at radius 1 is 1.61 bits per heavy atom. The van der Waals surface area contributed by atoms with Crippen LogP contribution in [-0.2, 0) is 11.3 Å². The van der Waals surface area contributed by atoms with Crippen LogP contribution in [0.3, 0.4) is 0 Å². The standard InChI is InChI=1S/C14H22N2OS/c1-11(2)16(10-13-4-3-7-18-13)14(17)8-12-5-6-15-9-12/h3-4,7,11-12,15H,5-6,8-10H2,1-2H3. The third-order valence-electron chi connectivity index (χ3n) is 3.48. The van der Waals surface area contributed by atoms with Gasteiger partial charge in [0.15, 0.2) is 0 Å². The predicted octanol–water partition coefficient (Wildman–Crippen LogP) is 2.48. The highest BCUT2D eigenvalue weighted by Crippen LogP contribution is 2.18. The fourth-order valence-electron chi connectivity index (χ4n) is 2.38. The van der Waals surface area contributed by atoms with Crippen molar-refractivity contribution < 1.29 is 4.79 Å². The molecule has 0 aliphatic carbocycles. The zero-order valence-electron chi connectivity index (χ0n) is 11.2. The van der Waals surface area contributed by atoms with E-state index in [1.807, 2.05) is 11.0 Å². The molecule has 0 saturated carbocycles. The van der Waals surface area contributed by atoms with Gasteiger partial charge in [-0.05, 0) is 50.7 Å². The van der Waals surface area contributed by atoms with Crippen molar-refractivity contribution in [3.8, 4) is 0 Å². The summed E-state index contributed by atoms with van der Waals surface area (Å²) < 4.78 is 0. The van der Waals surface area contributed by atoms with E-state index in [-0.39, 0.29) is 6.04 Å². The van der Waals surface area contributed by atoms with E-state index < -0.39 is 0 Å². The maximum Gasteiger partial charge on any atom is 0.223 e. The number of amides is 1. The van der Waals surface area contributed by atoms with Crippen molar-refractivity contribution in [3.63, 3.8) is 0 Å². The minimum Gasteiger partial charge on any atom is -0.335 e. The van der Waals surface area contributed by atoms with Gasteiger partial charge in [0.1, 0.15) is 0 Å². The first-order valence-electron chi connectivity index (χ1n) is 6.69. The molecule has 0 radical (unpaired) electrons. The predicted molar refractivity (Wildman–Crippen MR) is 75.6 cm³/mol. The van der Waals surface area contributed by atoms with Gasteiger partial charge in [-0.15, -0.1) is 11.3 Å². The van der Waals surface area contributed by atoms with Crippen LogP contribution < -0.4 is 5.32 Å². The Balaban J connectivity index is 1.93. The summed E-state index contributed by atoms with van der Waals surface area (Å²) >= 11 is 1.72. The van der Waals surface area contributed by atoms with Crippen LogP contribution >= 0.6 is 11.3 Å². The molecule has 0 bridgehead atoms. The number of nitrogens with zero attached hydrogens (tertiary/aromatic N) is 1. The summed E-state index contributed by atoms with van der Waals surface area (Å²) in [5, 5.41) is 5.39. The van der Waals surface area contributed by atoms with Crippen LogP contribution in [0.25, 0.3) is 0 Å². The van der Waals surface area contributed by atoms with E-state index in [0.717, 1.165) is 26.1 Å². The molecule has 1 atom stereocenters. The van der Waals surface area contributed by atoms with Gasteiger partial charge in [-0.3, -0.25) is 4.79 Å². The molecule has 1 unspecified atom stereocenters. The highest BCUT2D eigenvalue weighted by atomic mass is 32.1. The minimum absolute atomic E-state index is 0.272. The van der Waals surface area contributed by atoms with Crippen LogP contribution in [0.1, 0.15) is 31.6 Å². The third-order valence-corrected chi connectivity index (χ3v) is 4.34. The molecule has 18 heavy (non-hydrogen) atoms. The van der Waals surface area contributed by atoms with Gasteiger partial charge in [0.25, 0.3) is 0 Å². The average Bonchev–Trinajstić information content (AvgIpc) is 2.97. The normalized spacial score (nSPS) is 19.4. The quantitative estimate of drug-likeness (QED) is 0.888. The fourth-order valence-corrected chi connectivity index (χ4v) is 3.08. The Labute approximate surface area is 113 Å². The summed E-state index contributed by atoms with van der Waals surface area (Å²) in [6, 6.07) is 4.42. The van der Waals surface area contributed by atoms with Crippen molar-refractivity contribution in [2.24, 2.45) is 5.92 Å². The monoisotopic (exact) mass is 266 g/mol. The van der Waals surface area contributed by atoms with E-state index in [1.165, 1.54) is 4.88 Å². The van der Waals surface area contributed by atoms with Crippen LogP contribution in [0.5, 0.6) is 0 Å². The maximum absolute atomic E-state index is 12.4. The zero-order chi connectivity index (χ0) is 13.0. The molecule has 1 N–H and O–H groups in total. The largest absolute Gasteiger partial charge is 0.335 e. The van der Waals surface area contributed by atoms with E-state index in [9.17, 15) is 4.79 Å². The van der Waals surface area contributed by atoms with Crippen molar-refractivity contribution >= 4 is 17.2 Å². The molecule has 2 heterocycles. The molecular weight excluding hydrogens is 244 g/mol. The Morgan fingerprint density at radius 3 is 3.00 bits per heavy atom. The van der Waals surface area contributed by atoms with Crippen LogP contribution in [0.2, 0.25) is 0 Å². The summed E-state index contributed by atoms with van der Waals surface area (Å²) in [6.07, 6.45) is 1.83. The summed E-state index contributed by atoms with van der Waals surface area (Å²) in [5.74, 6) is 0.828. The molecule has 1 aliphatic heterocycles. The van der Waals surface area contributed by atoms with E-state index >= 15 is 0 Å². The molecule has 1 amide bonds. The second-order valence-corrected chi connectivity index (χ2v) is 6.29. The number of hydrogen-bond acceptors (Lipinski definition) is 3. The lowest BCUT2D eigenvalue weighted by Crippen LogP contribution is -2.37. The van der Waals surface area contributed by atoms with Gasteiger partial charge in [-0.25, -0.2) is 0 Å². The van der Waals surface area contributed by atoms with Crippen LogP contribution in [0.4, 0.5) is 0 Å². The van der Waals surface area contributed by atoms with Gasteiger partial charge >= 0.3 is 0 Å². The Kier molecular flexibility index (Phi) is 4.78. The summed E-state index contributed by atoms with van der Waals surface area (Å²) in [5.41, 5.74) is 0. The zero-order valence-corrected chi connectivity index (χ0v) is 12.0. The SMILES string of the molecule is CC(C)N(Cc1cccs1)C(=O)CC1CCNC1. The highest BCUT2D eigenvalue weighted by Gasteiger charge is 2.23. The van der Waals surface area contributed by atoms with Crippen molar-refractivity contribution in [3.05, 3.63) is 22.4 Å². The first-order valence-corrected chi connectivity index (χ1v) is 7.57. The molecule has 1 aromatic rings. The number of carbonyl (C=O) groups excluding carboxylic acids is 1. The van der Waals surface area contributed by atoms with E-state index in [4.69, 9.17) is 0 Å². The highest BCUT2D eigenvalue weighted by molar-refractivity contribution is 7.09. The number of nitrogens with one attached hydrogen (secondary N) is 1. The topological polar surface area (TPSA) is 32.3 Å². The molecule has 0 aromatic carbocycles. The molecular formula is C14H22N2OS. The molecule has 4 heteroatoms. The lowest BCUT2D eigenvalue weighted by atomic mass is 10.0. The first kappa shape index (κ1) is 13.6. The minimum atomic E-state index is 0.272. The van der Waals surface area contributed by atoms with Gasteiger partial charge in [-0.1, -0.05) is 6.07 Å². The molecule has 1 aromatic heterocycles. The van der Waals surface area contributed by atoms with Gasteiger partial charge in [0.05, 0.1) is 6.54 Å². The Morgan fingerprint density at radius 2 is 2.44 bits per heavy atom. The first-order chi connectivity index (χ1) is 8.66. The van der Waals surface area contributed by atoms with Gasteiger partial charge in [-0.2, -0.15) is 0 Å². The van der Waals surface area contributed by atoms with Crippen molar-refractivity contribution in [2.75, 3.05) is 13.1 Å². The van der Waals surface area contributed by atoms with Crippen molar-refractivity contribution in [1.29, 1.82) is 0 Å². The van der Waals surface area contributed by atoms with Gasteiger partial charge < -0.3 is 10.2 Å². The summed E-state index contributed by atoms with van der Waals surface area (Å²) in [7, 11) is 0. The van der Waals surface area contributed by atoms with Crippen LogP contribution in [-0.4, -0.2) is 29.9 Å². The molecule has 0 spiro atoms. The number of hydrogen-bond donors (Lipinski definition) is 1. The van der Waals surface area contributed by atoms with Crippen LogP contribution in [0, 0.1) is 5.92 Å². The molecule has 1 aliphatic rings. The van der Waals surface area contributed by atoms with Gasteiger partial charge in [0, 0.05) is 17.3 Å². The Bertz CT molecular complexity index is 369. The third kappa shape index (κ3) is 3.56. The molecule has 100 valence electrons. The molecule has 1 saturated heterocycles. The van der Waals surface area contributed by atoms with E-state index in [2.05, 4.69) is 30.6 Å². The second kappa shape index (κ2) is 6.34. The van der Waals surface area contributed by atoms with Crippen molar-refractivity contribution in [1.82, 2.24) is 10.2 Å². The summed E-state index contributed by atoms with van der Waals surface area (Å²) in [6.45, 7) is 7.01. The fraction of sp³-hybridized carbons (Fsp3) is 0.643. The van der Waals surface area contributed by atoms with Crippen LogP contribution in [0.15, 0.2) is 17.5 Å². The summed E-state index contributed by atoms with van der Waals surface area (Å²) in [4.78, 5) is 15.6. The lowest BCUT2D eigenvalue weighted by molar-refractivity contribution is -0.134. The smallest absolute Gasteiger partial charge is 0.223 e. The average molecular weight is 266 g/mol. The number of rotatable bonds is 5. The molecule has 2 rings (SSSR count). The number of thiophene rings is 1. The molecule has 3 nitrogen and oxygen atoms in total. The number of carbonyl (C=O) groups is 1. The van der Waals surface area contributed by atoms with Gasteiger partial charge in [0.2, 0.25) is 5.91 Å². The lowest BCUT2D eigenvalue weighted by Gasteiger charge is -2.27. The van der Waals surface area contributed by atoms with Crippen molar-refractivity contribution in [2.45, 2.75) is 39.3 Å². The Hall–Kier alpha value is -0.870. The molecule has 1 fully saturated rings. The van der Waals surface area contributed by atoms with E-state index in [1.54, 1.807) is 11.3 Å². The van der Waals surface area contributed by atoms with E-state index in [0.29, 0.717) is 18.2 Å². The second-order valence-electron chi connectivity index (χ2n) is 5.26.